The Hall–Kier alpha value is -1.75. The summed E-state index contributed by atoms with van der Waals surface area (Å²) < 4.78 is 331. The molecule has 0 nitrogen and oxygen atoms in total. The van der Waals surface area contributed by atoms with Gasteiger partial charge < -0.3 is 0 Å². The SMILES string of the molecule is CC(C)CC(F)(F)C(F)(F)C(F)(F)C(F)(F)C(F)(F)C(F)(F)C(F)(F)C(F)(F)C(F)(F)C(F)(F)C(F)(F)C(F)(F)F. The summed E-state index contributed by atoms with van der Waals surface area (Å²) in [6.07, 6.45) is -10.9. The van der Waals surface area contributed by atoms with Crippen LogP contribution in [0.2, 0.25) is 0 Å². The minimum absolute atomic E-state index is 0.434. The highest BCUT2D eigenvalue weighted by Gasteiger charge is 2.99. The topological polar surface area (TPSA) is 0 Å². The van der Waals surface area contributed by atoms with Gasteiger partial charge in [-0.15, -0.1) is 0 Å². The van der Waals surface area contributed by atoms with Gasteiger partial charge in [0.1, 0.15) is 0 Å². The van der Waals surface area contributed by atoms with Crippen molar-refractivity contribution in [2.24, 2.45) is 5.92 Å². The van der Waals surface area contributed by atoms with E-state index in [0.29, 0.717) is 13.8 Å². The van der Waals surface area contributed by atoms with Crippen LogP contribution in [-0.2, 0) is 0 Å². The normalized spacial score (nSPS) is 17.0. The summed E-state index contributed by atoms with van der Waals surface area (Å²) in [6, 6.07) is 0. The summed E-state index contributed by atoms with van der Waals surface area (Å²) in [5, 5.41) is 0. The largest absolute Gasteiger partial charge is 0.460 e. The molecule has 0 heterocycles. The highest BCUT2D eigenvalue weighted by atomic mass is 19.4. The van der Waals surface area contributed by atoms with Gasteiger partial charge in [-0.2, -0.15) is 110 Å². The Kier molecular flexibility index (Phi) is 9.22. The van der Waals surface area contributed by atoms with Crippen molar-refractivity contribution in [1.82, 2.24) is 0 Å². The second-order valence-corrected chi connectivity index (χ2v) is 8.54. The molecular weight excluding hydrogens is 667 g/mol. The lowest BCUT2D eigenvalue weighted by atomic mass is 9.84. The van der Waals surface area contributed by atoms with Gasteiger partial charge in [-0.25, -0.2) is 0 Å². The van der Waals surface area contributed by atoms with Crippen molar-refractivity contribution in [1.29, 1.82) is 0 Å². The van der Waals surface area contributed by atoms with Gasteiger partial charge >= 0.3 is 71.3 Å². The van der Waals surface area contributed by atoms with E-state index in [4.69, 9.17) is 0 Å². The zero-order valence-corrected chi connectivity index (χ0v) is 18.7. The fraction of sp³-hybridized carbons (Fsp3) is 1.00. The highest BCUT2D eigenvalue weighted by molar-refractivity contribution is 5.19. The van der Waals surface area contributed by atoms with Gasteiger partial charge in [-0.05, 0) is 5.92 Å². The van der Waals surface area contributed by atoms with E-state index >= 15 is 0 Å². The number of halogens is 25. The highest BCUT2D eigenvalue weighted by Crippen LogP contribution is 2.67. The lowest BCUT2D eigenvalue weighted by Gasteiger charge is -2.45. The van der Waals surface area contributed by atoms with Crippen molar-refractivity contribution < 1.29 is 110 Å². The van der Waals surface area contributed by atoms with Crippen LogP contribution in [-0.4, -0.2) is 71.3 Å². The Bertz CT molecular complexity index is 934. The van der Waals surface area contributed by atoms with Crippen LogP contribution in [0.25, 0.3) is 0 Å². The summed E-state index contributed by atoms with van der Waals surface area (Å²) in [4.78, 5) is 0. The molecule has 0 aromatic rings. The van der Waals surface area contributed by atoms with E-state index in [2.05, 4.69) is 0 Å². The second kappa shape index (κ2) is 9.63. The van der Waals surface area contributed by atoms with E-state index in [1.807, 2.05) is 0 Å². The zero-order valence-electron chi connectivity index (χ0n) is 18.7. The van der Waals surface area contributed by atoms with Crippen LogP contribution in [0, 0.1) is 5.92 Å². The van der Waals surface area contributed by atoms with Crippen molar-refractivity contribution in [3.05, 3.63) is 0 Å². The molecule has 0 fully saturated rings. The predicted octanol–water partition coefficient (Wildman–Crippen LogP) is 9.58. The summed E-state index contributed by atoms with van der Waals surface area (Å²) >= 11 is 0. The van der Waals surface area contributed by atoms with Crippen LogP contribution in [0.15, 0.2) is 0 Å². The molecule has 0 bridgehead atoms. The number of alkyl halides is 25. The van der Waals surface area contributed by atoms with Crippen LogP contribution < -0.4 is 0 Å². The van der Waals surface area contributed by atoms with E-state index in [1.165, 1.54) is 0 Å². The van der Waals surface area contributed by atoms with Crippen LogP contribution >= 0.6 is 0 Å². The molecule has 25 heteroatoms. The zero-order chi connectivity index (χ0) is 34.3. The molecule has 41 heavy (non-hydrogen) atoms. The molecule has 0 aromatic heterocycles. The smallest absolute Gasteiger partial charge is 0.200 e. The molecule has 0 amide bonds. The molecule has 0 rings (SSSR count). The Morgan fingerprint density at radius 2 is 0.463 bits per heavy atom. The maximum atomic E-state index is 13.7. The minimum atomic E-state index is -9.56. The predicted molar refractivity (Wildman–Crippen MR) is 79.9 cm³/mol. The second-order valence-electron chi connectivity index (χ2n) is 8.54. The van der Waals surface area contributed by atoms with Crippen LogP contribution in [0.1, 0.15) is 20.3 Å². The van der Waals surface area contributed by atoms with Crippen molar-refractivity contribution in [3.63, 3.8) is 0 Å². The van der Waals surface area contributed by atoms with E-state index in [9.17, 15) is 110 Å². The van der Waals surface area contributed by atoms with Gasteiger partial charge in [0.25, 0.3) is 0 Å². The van der Waals surface area contributed by atoms with Crippen LogP contribution in [0.4, 0.5) is 110 Å². The van der Waals surface area contributed by atoms with Crippen LogP contribution in [0.3, 0.4) is 0 Å². The molecule has 0 spiro atoms. The Labute approximate surface area is 208 Å². The van der Waals surface area contributed by atoms with Crippen molar-refractivity contribution in [2.75, 3.05) is 0 Å². The van der Waals surface area contributed by atoms with E-state index in [0.717, 1.165) is 0 Å². The van der Waals surface area contributed by atoms with Crippen molar-refractivity contribution in [2.45, 2.75) is 91.6 Å². The molecule has 0 N–H and O–H groups in total. The Morgan fingerprint density at radius 1 is 0.293 bits per heavy atom. The molecule has 0 aromatic carbocycles. The fourth-order valence-corrected chi connectivity index (χ4v) is 2.63. The van der Waals surface area contributed by atoms with E-state index in [-0.39, 0.29) is 0 Å². The molecular formula is C16H9F25. The molecule has 0 atom stereocenters. The first-order chi connectivity index (χ1) is 17.2. The van der Waals surface area contributed by atoms with Gasteiger partial charge in [0, 0.05) is 6.42 Å². The number of hydrogen-bond donors (Lipinski definition) is 0. The van der Waals surface area contributed by atoms with Gasteiger partial charge in [-0.3, -0.25) is 0 Å². The Morgan fingerprint density at radius 3 is 0.634 bits per heavy atom. The summed E-state index contributed by atoms with van der Waals surface area (Å²) in [7, 11) is 0. The third kappa shape index (κ3) is 4.81. The maximum absolute atomic E-state index is 13.7. The van der Waals surface area contributed by atoms with E-state index < -0.39 is 83.7 Å². The minimum Gasteiger partial charge on any atom is -0.200 e. The average Bonchev–Trinajstić information content (AvgIpc) is 2.70. The lowest BCUT2D eigenvalue weighted by Crippen LogP contribution is -2.78. The monoisotopic (exact) mass is 676 g/mol. The van der Waals surface area contributed by atoms with Gasteiger partial charge in [0.15, 0.2) is 0 Å². The summed E-state index contributed by atoms with van der Waals surface area (Å²) in [5.74, 6) is -99.6. The third-order valence-electron chi connectivity index (χ3n) is 5.03. The van der Waals surface area contributed by atoms with Crippen LogP contribution in [0.5, 0.6) is 0 Å². The summed E-state index contributed by atoms with van der Waals surface area (Å²) in [6.45, 7) is 0.869. The summed E-state index contributed by atoms with van der Waals surface area (Å²) in [5.41, 5.74) is 0. The average molecular weight is 676 g/mol. The molecule has 0 radical (unpaired) electrons. The lowest BCUT2D eigenvalue weighted by molar-refractivity contribution is -0.482. The first-order valence-corrected chi connectivity index (χ1v) is 9.39. The third-order valence-corrected chi connectivity index (χ3v) is 5.03. The van der Waals surface area contributed by atoms with Gasteiger partial charge in [0.2, 0.25) is 0 Å². The molecule has 0 unspecified atom stereocenters. The molecule has 0 aliphatic rings. The molecule has 248 valence electrons. The number of rotatable bonds is 12. The quantitative estimate of drug-likeness (QED) is 0.181. The molecule has 0 saturated carbocycles. The van der Waals surface area contributed by atoms with Gasteiger partial charge in [0.05, 0.1) is 0 Å². The Balaban J connectivity index is 7.31. The van der Waals surface area contributed by atoms with E-state index in [1.54, 1.807) is 0 Å². The first kappa shape index (κ1) is 39.2. The molecule has 0 saturated heterocycles. The van der Waals surface area contributed by atoms with Crippen molar-refractivity contribution in [3.8, 4) is 0 Å². The van der Waals surface area contributed by atoms with Gasteiger partial charge in [-0.1, -0.05) is 13.8 Å². The fourth-order valence-electron chi connectivity index (χ4n) is 2.63. The first-order valence-electron chi connectivity index (χ1n) is 9.39. The number of hydrogen-bond acceptors (Lipinski definition) is 0. The standard InChI is InChI=1S/C16H9F25/c1-4(2)3-5(17,18)6(19,20)7(21,22)8(23,24)9(25,26)10(27,28)11(29,30)12(31,32)13(33,34)14(35,36)15(37,38)16(39,40)41/h4H,3H2,1-2H3. The molecule has 0 aliphatic carbocycles. The molecule has 0 aliphatic heterocycles. The van der Waals surface area contributed by atoms with Crippen molar-refractivity contribution >= 4 is 0 Å². The maximum Gasteiger partial charge on any atom is 0.460 e.